The fourth-order valence-corrected chi connectivity index (χ4v) is 5.05. The van der Waals surface area contributed by atoms with Crippen molar-refractivity contribution in [3.05, 3.63) is 12.2 Å². The molecular formula is C16H29N3O2S. The third kappa shape index (κ3) is 5.30. The van der Waals surface area contributed by atoms with Gasteiger partial charge >= 0.3 is 0 Å². The van der Waals surface area contributed by atoms with E-state index < -0.39 is 9.84 Å². The van der Waals surface area contributed by atoms with Crippen LogP contribution in [-0.2, 0) is 9.84 Å². The number of aliphatic imine (C=N–C) groups is 1. The van der Waals surface area contributed by atoms with E-state index in [4.69, 9.17) is 0 Å². The number of rotatable bonds is 5. The van der Waals surface area contributed by atoms with Crippen LogP contribution in [0.25, 0.3) is 0 Å². The van der Waals surface area contributed by atoms with Crippen LogP contribution >= 0.6 is 0 Å². The summed E-state index contributed by atoms with van der Waals surface area (Å²) in [7, 11) is -0.735. The van der Waals surface area contributed by atoms with Gasteiger partial charge in [-0.3, -0.25) is 4.99 Å². The normalized spacial score (nSPS) is 27.8. The highest BCUT2D eigenvalue weighted by molar-refractivity contribution is 7.91. The monoisotopic (exact) mass is 327 g/mol. The Morgan fingerprint density at radius 2 is 2.14 bits per heavy atom. The Balaban J connectivity index is 1.89. The fourth-order valence-electron chi connectivity index (χ4n) is 3.20. The molecule has 0 radical (unpaired) electrons. The fraction of sp³-hybridized carbons (Fsp3) is 0.812. The van der Waals surface area contributed by atoms with Crippen LogP contribution in [0, 0.1) is 11.8 Å². The van der Waals surface area contributed by atoms with Crippen LogP contribution in [0.1, 0.15) is 32.6 Å². The molecule has 2 rings (SSSR count). The highest BCUT2D eigenvalue weighted by atomic mass is 32.2. The summed E-state index contributed by atoms with van der Waals surface area (Å²) in [6, 6.07) is 0. The molecule has 0 aromatic heterocycles. The Hall–Kier alpha value is -1.04. The van der Waals surface area contributed by atoms with Crippen LogP contribution in [0.15, 0.2) is 17.1 Å². The summed E-state index contributed by atoms with van der Waals surface area (Å²) in [6.07, 6.45) is 8.84. The van der Waals surface area contributed by atoms with Gasteiger partial charge in [-0.2, -0.15) is 0 Å². The van der Waals surface area contributed by atoms with E-state index in [0.29, 0.717) is 24.0 Å². The molecule has 2 unspecified atom stereocenters. The molecule has 0 spiro atoms. The van der Waals surface area contributed by atoms with Gasteiger partial charge in [0.2, 0.25) is 0 Å². The van der Waals surface area contributed by atoms with Crippen LogP contribution < -0.4 is 5.32 Å². The van der Waals surface area contributed by atoms with Crippen molar-refractivity contribution in [1.29, 1.82) is 0 Å². The van der Waals surface area contributed by atoms with Crippen LogP contribution in [-0.4, -0.2) is 57.5 Å². The van der Waals surface area contributed by atoms with Gasteiger partial charge in [-0.25, -0.2) is 8.42 Å². The molecule has 6 heteroatoms. The zero-order valence-electron chi connectivity index (χ0n) is 13.8. The first-order chi connectivity index (χ1) is 10.5. The van der Waals surface area contributed by atoms with Gasteiger partial charge in [-0.15, -0.1) is 0 Å². The Morgan fingerprint density at radius 1 is 1.32 bits per heavy atom. The third-order valence-electron chi connectivity index (χ3n) is 4.43. The third-order valence-corrected chi connectivity index (χ3v) is 6.27. The number of sulfone groups is 1. The molecule has 0 aromatic rings. The summed E-state index contributed by atoms with van der Waals surface area (Å²) in [5, 5.41) is 3.33. The van der Waals surface area contributed by atoms with Gasteiger partial charge in [0.15, 0.2) is 15.8 Å². The lowest BCUT2D eigenvalue weighted by molar-refractivity contribution is 0.351. The lowest BCUT2D eigenvalue weighted by Gasteiger charge is -2.28. The number of nitrogens with one attached hydrogen (secondary N) is 1. The predicted octanol–water partition coefficient (Wildman–Crippen LogP) is 1.67. The second-order valence-electron chi connectivity index (χ2n) is 6.49. The van der Waals surface area contributed by atoms with Gasteiger partial charge in [-0.05, 0) is 44.4 Å². The minimum Gasteiger partial charge on any atom is -0.357 e. The van der Waals surface area contributed by atoms with Gasteiger partial charge in [-0.1, -0.05) is 12.2 Å². The Labute approximate surface area is 134 Å². The van der Waals surface area contributed by atoms with Gasteiger partial charge in [0, 0.05) is 26.7 Å². The van der Waals surface area contributed by atoms with E-state index in [9.17, 15) is 8.42 Å². The average molecular weight is 327 g/mol. The second kappa shape index (κ2) is 7.99. The Morgan fingerprint density at radius 3 is 2.73 bits per heavy atom. The molecule has 0 aromatic carbocycles. The summed E-state index contributed by atoms with van der Waals surface area (Å²) in [4.78, 5) is 6.87. The maximum absolute atomic E-state index is 11.5. The van der Waals surface area contributed by atoms with Crippen molar-refractivity contribution >= 4 is 15.8 Å². The molecule has 0 saturated carbocycles. The smallest absolute Gasteiger partial charge is 0.193 e. The molecular weight excluding hydrogens is 298 g/mol. The lowest BCUT2D eigenvalue weighted by Crippen LogP contribution is -2.41. The number of hydrogen-bond acceptors (Lipinski definition) is 3. The van der Waals surface area contributed by atoms with E-state index in [0.717, 1.165) is 31.9 Å². The molecule has 126 valence electrons. The number of nitrogens with zero attached hydrogens (tertiary/aromatic N) is 2. The van der Waals surface area contributed by atoms with Crippen molar-refractivity contribution < 1.29 is 8.42 Å². The van der Waals surface area contributed by atoms with E-state index in [2.05, 4.69) is 41.3 Å². The maximum Gasteiger partial charge on any atom is 0.193 e. The van der Waals surface area contributed by atoms with E-state index in [1.807, 2.05) is 0 Å². The SMILES string of the molecule is CCNC(=NCC1CCS(=O)(=O)C1)N(C)CC1CC=CCC1. The zero-order valence-corrected chi connectivity index (χ0v) is 14.6. The number of guanidine groups is 1. The molecule has 5 nitrogen and oxygen atoms in total. The van der Waals surface area contributed by atoms with E-state index in [-0.39, 0.29) is 5.92 Å². The van der Waals surface area contributed by atoms with Crippen molar-refractivity contribution in [2.45, 2.75) is 32.6 Å². The summed E-state index contributed by atoms with van der Waals surface area (Å²) in [5.41, 5.74) is 0. The number of allylic oxidation sites excluding steroid dienone is 2. The van der Waals surface area contributed by atoms with Crippen LogP contribution in [0.5, 0.6) is 0 Å². The molecule has 2 aliphatic rings. The molecule has 1 aliphatic heterocycles. The van der Waals surface area contributed by atoms with Gasteiger partial charge in [0.05, 0.1) is 11.5 Å². The highest BCUT2D eigenvalue weighted by Crippen LogP contribution is 2.20. The summed E-state index contributed by atoms with van der Waals surface area (Å²) >= 11 is 0. The molecule has 1 saturated heterocycles. The first kappa shape index (κ1) is 17.3. The molecule has 1 heterocycles. The highest BCUT2D eigenvalue weighted by Gasteiger charge is 2.27. The van der Waals surface area contributed by atoms with Crippen molar-refractivity contribution in [2.75, 3.05) is 38.2 Å². The molecule has 0 bridgehead atoms. The summed E-state index contributed by atoms with van der Waals surface area (Å²) < 4.78 is 23.1. The lowest BCUT2D eigenvalue weighted by atomic mass is 9.94. The van der Waals surface area contributed by atoms with Gasteiger partial charge < -0.3 is 10.2 Å². The van der Waals surface area contributed by atoms with Crippen LogP contribution in [0.4, 0.5) is 0 Å². The predicted molar refractivity (Wildman–Crippen MR) is 91.9 cm³/mol. The van der Waals surface area contributed by atoms with Crippen molar-refractivity contribution in [3.8, 4) is 0 Å². The first-order valence-corrected chi connectivity index (χ1v) is 10.2. The quantitative estimate of drug-likeness (QED) is 0.474. The van der Waals surface area contributed by atoms with Gasteiger partial charge in [0.25, 0.3) is 0 Å². The Bertz CT molecular complexity index is 513. The second-order valence-corrected chi connectivity index (χ2v) is 8.72. The number of hydrogen-bond donors (Lipinski definition) is 1. The standard InChI is InChI=1S/C16H29N3O2S/c1-3-17-16(18-11-15-9-10-22(20,21)13-15)19(2)12-14-7-5-4-6-8-14/h4-5,14-15H,3,6-13H2,1-2H3,(H,17,18). The molecule has 22 heavy (non-hydrogen) atoms. The topological polar surface area (TPSA) is 61.8 Å². The van der Waals surface area contributed by atoms with Crippen molar-refractivity contribution in [1.82, 2.24) is 10.2 Å². The van der Waals surface area contributed by atoms with Crippen molar-refractivity contribution in [2.24, 2.45) is 16.8 Å². The van der Waals surface area contributed by atoms with E-state index >= 15 is 0 Å². The van der Waals surface area contributed by atoms with Gasteiger partial charge in [0.1, 0.15) is 0 Å². The zero-order chi connectivity index (χ0) is 16.0. The molecule has 2 atom stereocenters. The van der Waals surface area contributed by atoms with E-state index in [1.54, 1.807) is 0 Å². The van der Waals surface area contributed by atoms with Crippen LogP contribution in [0.2, 0.25) is 0 Å². The molecule has 1 aliphatic carbocycles. The minimum atomic E-state index is -2.81. The molecule has 1 N–H and O–H groups in total. The van der Waals surface area contributed by atoms with E-state index in [1.165, 1.54) is 12.8 Å². The average Bonchev–Trinajstić information content (AvgIpc) is 2.83. The summed E-state index contributed by atoms with van der Waals surface area (Å²) in [5.74, 6) is 2.40. The maximum atomic E-state index is 11.5. The van der Waals surface area contributed by atoms with Crippen molar-refractivity contribution in [3.63, 3.8) is 0 Å². The summed E-state index contributed by atoms with van der Waals surface area (Å²) in [6.45, 7) is 4.50. The molecule has 0 amide bonds. The Kier molecular flexibility index (Phi) is 6.29. The van der Waals surface area contributed by atoms with Crippen LogP contribution in [0.3, 0.4) is 0 Å². The first-order valence-electron chi connectivity index (χ1n) is 8.35. The largest absolute Gasteiger partial charge is 0.357 e. The molecule has 1 fully saturated rings. The minimum absolute atomic E-state index is 0.185.